The highest BCUT2D eigenvalue weighted by Crippen LogP contribution is 2.65. The van der Waals surface area contributed by atoms with Crippen LogP contribution in [0, 0.1) is 35.5 Å². The number of rotatable bonds is 5. The highest BCUT2D eigenvalue weighted by Gasteiger charge is 2.67. The Balaban J connectivity index is 1.34. The zero-order valence-electron chi connectivity index (χ0n) is 18.9. The monoisotopic (exact) mass is 514 g/mol. The number of carbonyl (C=O) groups excluding carboxylic acids is 3. The number of carbonyl (C=O) groups is 3. The van der Waals surface area contributed by atoms with E-state index in [0.717, 1.165) is 29.5 Å². The molecule has 4 aliphatic carbocycles. The number of allylic oxidation sites excluding steroid dienone is 2. The van der Waals surface area contributed by atoms with Crippen LogP contribution in [0.25, 0.3) is 0 Å². The average molecular weight is 515 g/mol. The van der Waals surface area contributed by atoms with Crippen molar-refractivity contribution in [3.05, 3.63) is 76.8 Å². The molecule has 9 heteroatoms. The van der Waals surface area contributed by atoms with E-state index < -0.39 is 35.5 Å². The summed E-state index contributed by atoms with van der Waals surface area (Å²) < 4.78 is 39.8. The van der Waals surface area contributed by atoms with Crippen molar-refractivity contribution in [2.75, 3.05) is 5.32 Å². The van der Waals surface area contributed by atoms with Crippen LogP contribution in [0.3, 0.4) is 0 Å². The molecule has 36 heavy (non-hydrogen) atoms. The van der Waals surface area contributed by atoms with E-state index in [0.29, 0.717) is 17.4 Å². The lowest BCUT2D eigenvalue weighted by molar-refractivity contribution is -0.146. The van der Waals surface area contributed by atoms with Crippen molar-refractivity contribution in [3.8, 4) is 0 Å². The van der Waals surface area contributed by atoms with Crippen molar-refractivity contribution in [2.45, 2.75) is 25.1 Å². The Morgan fingerprint density at radius 2 is 1.61 bits per heavy atom. The maximum absolute atomic E-state index is 13.7. The molecule has 1 aliphatic heterocycles. The number of halogens is 4. The minimum absolute atomic E-state index is 0.00945. The number of hydrogen-bond donors (Lipinski definition) is 1. The highest BCUT2D eigenvalue weighted by molar-refractivity contribution is 6.33. The van der Waals surface area contributed by atoms with Gasteiger partial charge in [0.25, 0.3) is 0 Å². The zero-order valence-corrected chi connectivity index (χ0v) is 19.7. The molecule has 3 amide bonds. The maximum Gasteiger partial charge on any atom is 0.416 e. The minimum atomic E-state index is -4.63. The normalized spacial score (nSPS) is 30.7. The van der Waals surface area contributed by atoms with Gasteiger partial charge in [-0.3, -0.25) is 19.3 Å². The predicted molar refractivity (Wildman–Crippen MR) is 126 cm³/mol. The fourth-order valence-electron chi connectivity index (χ4n) is 6.44. The van der Waals surface area contributed by atoms with E-state index in [4.69, 9.17) is 11.6 Å². The predicted octanol–water partition coefficient (Wildman–Crippen LogP) is 4.96. The number of nitrogens with zero attached hydrogens (tertiary/aromatic N) is 1. The number of nitrogens with one attached hydrogen (secondary N) is 1. The van der Waals surface area contributed by atoms with Crippen LogP contribution in [-0.4, -0.2) is 28.7 Å². The lowest BCUT2D eigenvalue weighted by Gasteiger charge is -2.37. The third-order valence-electron chi connectivity index (χ3n) is 8.13. The molecule has 7 atom stereocenters. The molecule has 0 radical (unpaired) electrons. The zero-order chi connectivity index (χ0) is 25.4. The molecular weight excluding hydrogens is 493 g/mol. The van der Waals surface area contributed by atoms with Gasteiger partial charge < -0.3 is 5.32 Å². The number of anilines is 1. The van der Waals surface area contributed by atoms with E-state index in [2.05, 4.69) is 5.32 Å². The maximum atomic E-state index is 13.7. The van der Waals surface area contributed by atoms with Crippen LogP contribution >= 0.6 is 11.6 Å². The molecule has 2 aromatic rings. The topological polar surface area (TPSA) is 66.5 Å². The van der Waals surface area contributed by atoms with Crippen molar-refractivity contribution in [1.82, 2.24) is 4.90 Å². The van der Waals surface area contributed by atoms with Gasteiger partial charge in [0.1, 0.15) is 6.04 Å². The summed E-state index contributed by atoms with van der Waals surface area (Å²) in [5.41, 5.74) is -0.482. The summed E-state index contributed by atoms with van der Waals surface area (Å²) in [4.78, 5) is 41.9. The molecule has 0 spiro atoms. The van der Waals surface area contributed by atoms with Gasteiger partial charge in [-0.25, -0.2) is 0 Å². The summed E-state index contributed by atoms with van der Waals surface area (Å²) >= 11 is 6.10. The fourth-order valence-corrected chi connectivity index (χ4v) is 6.60. The van der Waals surface area contributed by atoms with E-state index in [-0.39, 0.29) is 40.8 Å². The van der Waals surface area contributed by atoms with Crippen molar-refractivity contribution in [2.24, 2.45) is 35.5 Å². The number of hydrogen-bond acceptors (Lipinski definition) is 3. The van der Waals surface area contributed by atoms with Crippen LogP contribution in [-0.2, 0) is 27.0 Å². The number of amides is 3. The standard InChI is InChI=1S/C27H22ClF3N2O3/c28-19-9-6-14(27(29,30)31)11-20(19)32-24(34)21(10-13-4-2-1-3-5-13)33-25(35)22-15-7-8-16(18-12-17(15)18)23(22)26(33)36/h1-9,11,15-18,21-23H,10,12H2,(H,32,34). The van der Waals surface area contributed by atoms with Crippen LogP contribution in [0.1, 0.15) is 17.5 Å². The van der Waals surface area contributed by atoms with E-state index in [1.165, 1.54) is 0 Å². The molecule has 3 fully saturated rings. The summed E-state index contributed by atoms with van der Waals surface area (Å²) in [5.74, 6) is -1.69. The first kappa shape index (κ1) is 23.3. The molecule has 5 aliphatic rings. The van der Waals surface area contributed by atoms with Gasteiger partial charge in [0, 0.05) is 6.42 Å². The summed E-state index contributed by atoms with van der Waals surface area (Å²) in [6, 6.07) is 10.3. The number of likely N-dealkylation sites (tertiary alicyclic amines) is 1. The summed E-state index contributed by atoms with van der Waals surface area (Å²) in [7, 11) is 0. The Bertz CT molecular complexity index is 1260. The minimum Gasteiger partial charge on any atom is -0.323 e. The van der Waals surface area contributed by atoms with Gasteiger partial charge in [-0.2, -0.15) is 13.2 Å². The molecule has 2 saturated carbocycles. The van der Waals surface area contributed by atoms with Gasteiger partial charge in [-0.1, -0.05) is 54.1 Å². The smallest absolute Gasteiger partial charge is 0.323 e. The first-order chi connectivity index (χ1) is 17.1. The Morgan fingerprint density at radius 1 is 1.00 bits per heavy atom. The average Bonchev–Trinajstić information content (AvgIpc) is 3.62. The highest BCUT2D eigenvalue weighted by atomic mass is 35.5. The van der Waals surface area contributed by atoms with Gasteiger partial charge in [0.05, 0.1) is 28.1 Å². The molecule has 5 nitrogen and oxygen atoms in total. The van der Waals surface area contributed by atoms with Crippen LogP contribution in [0.15, 0.2) is 60.7 Å². The third-order valence-corrected chi connectivity index (χ3v) is 8.46. The Labute approximate surface area is 210 Å². The Morgan fingerprint density at radius 3 is 2.19 bits per heavy atom. The quantitative estimate of drug-likeness (QED) is 0.453. The molecule has 7 unspecified atom stereocenters. The van der Waals surface area contributed by atoms with Gasteiger partial charge in [0.15, 0.2) is 0 Å². The largest absolute Gasteiger partial charge is 0.416 e. The number of imide groups is 1. The molecule has 1 saturated heterocycles. The molecule has 186 valence electrons. The summed E-state index contributed by atoms with van der Waals surface area (Å²) in [5, 5.41) is 2.39. The van der Waals surface area contributed by atoms with Crippen LogP contribution < -0.4 is 5.32 Å². The van der Waals surface area contributed by atoms with Crippen molar-refractivity contribution < 1.29 is 27.6 Å². The summed E-state index contributed by atoms with van der Waals surface area (Å²) in [6.07, 6.45) is 0.511. The van der Waals surface area contributed by atoms with Crippen molar-refractivity contribution >= 4 is 35.0 Å². The van der Waals surface area contributed by atoms with Crippen LogP contribution in [0.4, 0.5) is 18.9 Å². The van der Waals surface area contributed by atoms with Gasteiger partial charge in [-0.15, -0.1) is 0 Å². The Kier molecular flexibility index (Phi) is 5.30. The first-order valence-electron chi connectivity index (χ1n) is 11.9. The second-order valence-corrected chi connectivity index (χ2v) is 10.5. The van der Waals surface area contributed by atoms with Gasteiger partial charge in [0.2, 0.25) is 17.7 Å². The molecule has 0 aromatic heterocycles. The molecular formula is C27H22ClF3N2O3. The fraction of sp³-hybridized carbons (Fsp3) is 0.370. The van der Waals surface area contributed by atoms with E-state index in [9.17, 15) is 27.6 Å². The SMILES string of the molecule is O=C(Nc1cc(C(F)(F)F)ccc1Cl)C(Cc1ccccc1)N1C(=O)C2C3C=CC(C4CC34)C2C1=O. The van der Waals surface area contributed by atoms with Crippen LogP contribution in [0.2, 0.25) is 5.02 Å². The number of benzene rings is 2. The second kappa shape index (κ2) is 8.20. The van der Waals surface area contributed by atoms with Gasteiger partial charge in [-0.05, 0) is 53.9 Å². The van der Waals surface area contributed by atoms with Crippen LogP contribution in [0.5, 0.6) is 0 Å². The number of alkyl halides is 3. The lowest BCUT2D eigenvalue weighted by atomic mass is 9.63. The van der Waals surface area contributed by atoms with Crippen molar-refractivity contribution in [3.63, 3.8) is 0 Å². The molecule has 2 aromatic carbocycles. The van der Waals surface area contributed by atoms with Crippen molar-refractivity contribution in [1.29, 1.82) is 0 Å². The molecule has 7 rings (SSSR count). The summed E-state index contributed by atoms with van der Waals surface area (Å²) in [6.45, 7) is 0. The molecule has 2 bridgehead atoms. The molecule has 1 heterocycles. The Hall–Kier alpha value is -3.13. The third kappa shape index (κ3) is 3.65. The molecule has 1 N–H and O–H groups in total. The van der Waals surface area contributed by atoms with E-state index >= 15 is 0 Å². The lowest BCUT2D eigenvalue weighted by Crippen LogP contribution is -2.49. The van der Waals surface area contributed by atoms with E-state index in [1.54, 1.807) is 30.3 Å². The second-order valence-electron chi connectivity index (χ2n) is 10.1. The van der Waals surface area contributed by atoms with E-state index in [1.807, 2.05) is 12.2 Å². The first-order valence-corrected chi connectivity index (χ1v) is 12.3. The van der Waals surface area contributed by atoms with Gasteiger partial charge >= 0.3 is 6.18 Å².